The average Bonchev–Trinajstić information content (AvgIpc) is 2.78. The molecule has 1 saturated heterocycles. The Morgan fingerprint density at radius 2 is 1.84 bits per heavy atom. The van der Waals surface area contributed by atoms with Crippen LogP contribution in [0, 0.1) is 6.92 Å². The van der Waals surface area contributed by atoms with Gasteiger partial charge >= 0.3 is 0 Å². The number of aryl methyl sites for hydroxylation is 1. The van der Waals surface area contributed by atoms with Crippen LogP contribution in [-0.4, -0.2) is 49.1 Å². The molecule has 1 fully saturated rings. The summed E-state index contributed by atoms with van der Waals surface area (Å²) in [6, 6.07) is 7.93. The number of fused-ring (bicyclic) bond motifs is 1. The standard InChI is InChI=1S/C25H36N4O3/c1-18(2)32-15-7-12-26-24(30)10-11-25(31)27-20-8-9-22-21(17-20)19(3)16-23(28-22)29-13-5-4-6-14-29/h8-9,16-18H,4-7,10-15H2,1-3H3,(H,26,30)(H,27,31). The summed E-state index contributed by atoms with van der Waals surface area (Å²) >= 11 is 0. The van der Waals surface area contributed by atoms with Gasteiger partial charge in [0.15, 0.2) is 0 Å². The second-order valence-corrected chi connectivity index (χ2v) is 8.75. The Hall–Kier alpha value is -2.67. The highest BCUT2D eigenvalue weighted by Gasteiger charge is 2.14. The first kappa shape index (κ1) is 24.0. The maximum absolute atomic E-state index is 12.3. The summed E-state index contributed by atoms with van der Waals surface area (Å²) in [4.78, 5) is 31.4. The molecule has 2 N–H and O–H groups in total. The number of nitrogens with zero attached hydrogens (tertiary/aromatic N) is 2. The first-order valence-electron chi connectivity index (χ1n) is 11.8. The summed E-state index contributed by atoms with van der Waals surface area (Å²) in [5.74, 6) is 0.750. The van der Waals surface area contributed by atoms with Crippen LogP contribution in [0.25, 0.3) is 10.9 Å². The zero-order valence-corrected chi connectivity index (χ0v) is 19.6. The summed E-state index contributed by atoms with van der Waals surface area (Å²) < 4.78 is 5.44. The molecule has 0 atom stereocenters. The third-order valence-corrected chi connectivity index (χ3v) is 5.64. The summed E-state index contributed by atoms with van der Waals surface area (Å²) in [7, 11) is 0. The number of amides is 2. The number of anilines is 2. The minimum atomic E-state index is -0.168. The Morgan fingerprint density at radius 1 is 1.09 bits per heavy atom. The Kier molecular flexibility index (Phi) is 8.85. The highest BCUT2D eigenvalue weighted by atomic mass is 16.5. The molecule has 1 aliphatic rings. The lowest BCUT2D eigenvalue weighted by Crippen LogP contribution is -2.30. The van der Waals surface area contributed by atoms with Gasteiger partial charge in [0.25, 0.3) is 0 Å². The van der Waals surface area contributed by atoms with E-state index in [4.69, 9.17) is 9.72 Å². The van der Waals surface area contributed by atoms with E-state index in [0.717, 1.165) is 47.5 Å². The molecule has 2 heterocycles. The van der Waals surface area contributed by atoms with E-state index in [-0.39, 0.29) is 30.8 Å². The molecule has 0 bridgehead atoms. The van der Waals surface area contributed by atoms with Crippen molar-refractivity contribution in [2.24, 2.45) is 0 Å². The fourth-order valence-electron chi connectivity index (χ4n) is 3.90. The van der Waals surface area contributed by atoms with Crippen molar-refractivity contribution in [2.45, 2.75) is 65.4 Å². The predicted molar refractivity (Wildman–Crippen MR) is 129 cm³/mol. The van der Waals surface area contributed by atoms with Crippen molar-refractivity contribution in [1.82, 2.24) is 10.3 Å². The molecule has 0 saturated carbocycles. The van der Waals surface area contributed by atoms with Crippen LogP contribution < -0.4 is 15.5 Å². The van der Waals surface area contributed by atoms with E-state index in [9.17, 15) is 9.59 Å². The van der Waals surface area contributed by atoms with Gasteiger partial charge < -0.3 is 20.3 Å². The highest BCUT2D eigenvalue weighted by Crippen LogP contribution is 2.27. The first-order chi connectivity index (χ1) is 15.4. The molecule has 7 heteroatoms. The number of carbonyl (C=O) groups is 2. The summed E-state index contributed by atoms with van der Waals surface area (Å²) in [6.07, 6.45) is 5.01. The third-order valence-electron chi connectivity index (χ3n) is 5.64. The fourth-order valence-corrected chi connectivity index (χ4v) is 3.90. The number of nitrogens with one attached hydrogen (secondary N) is 2. The number of piperidine rings is 1. The largest absolute Gasteiger partial charge is 0.379 e. The van der Waals surface area contributed by atoms with Crippen LogP contribution in [0.2, 0.25) is 0 Å². The zero-order chi connectivity index (χ0) is 22.9. The Labute approximate surface area is 190 Å². The number of benzene rings is 1. The van der Waals surface area contributed by atoms with Crippen LogP contribution >= 0.6 is 0 Å². The molecular weight excluding hydrogens is 404 g/mol. The Balaban J connectivity index is 1.49. The van der Waals surface area contributed by atoms with Gasteiger partial charge in [-0.05, 0) is 76.3 Å². The van der Waals surface area contributed by atoms with Crippen LogP contribution in [0.5, 0.6) is 0 Å². The maximum Gasteiger partial charge on any atom is 0.224 e. The van der Waals surface area contributed by atoms with Crippen molar-refractivity contribution in [2.75, 3.05) is 36.5 Å². The molecule has 1 aromatic carbocycles. The van der Waals surface area contributed by atoms with Crippen LogP contribution in [0.3, 0.4) is 0 Å². The van der Waals surface area contributed by atoms with Gasteiger partial charge in [0.05, 0.1) is 11.6 Å². The SMILES string of the molecule is Cc1cc(N2CCCCC2)nc2ccc(NC(=O)CCC(=O)NCCCOC(C)C)cc12. The average molecular weight is 441 g/mol. The number of rotatable bonds is 10. The van der Waals surface area contributed by atoms with Gasteiger partial charge in [0.1, 0.15) is 5.82 Å². The molecule has 0 spiro atoms. The van der Waals surface area contributed by atoms with Gasteiger partial charge in [0.2, 0.25) is 11.8 Å². The van der Waals surface area contributed by atoms with Gasteiger partial charge in [-0.3, -0.25) is 9.59 Å². The van der Waals surface area contributed by atoms with Gasteiger partial charge in [-0.2, -0.15) is 0 Å². The third kappa shape index (κ3) is 7.19. The van der Waals surface area contributed by atoms with E-state index in [2.05, 4.69) is 28.5 Å². The van der Waals surface area contributed by atoms with Crippen molar-refractivity contribution in [1.29, 1.82) is 0 Å². The fraction of sp³-hybridized carbons (Fsp3) is 0.560. The second kappa shape index (κ2) is 11.8. The van der Waals surface area contributed by atoms with E-state index in [0.29, 0.717) is 13.2 Å². The van der Waals surface area contributed by atoms with Crippen LogP contribution in [0.1, 0.15) is 57.9 Å². The number of hydrogen-bond donors (Lipinski definition) is 2. The quantitative estimate of drug-likeness (QED) is 0.542. The van der Waals surface area contributed by atoms with Crippen LogP contribution in [0.4, 0.5) is 11.5 Å². The lowest BCUT2D eigenvalue weighted by Gasteiger charge is -2.28. The normalized spacial score (nSPS) is 14.1. The summed E-state index contributed by atoms with van der Waals surface area (Å²) in [5.41, 5.74) is 2.81. The van der Waals surface area contributed by atoms with Crippen molar-refractivity contribution >= 4 is 34.2 Å². The van der Waals surface area contributed by atoms with E-state index >= 15 is 0 Å². The summed E-state index contributed by atoms with van der Waals surface area (Å²) in [6.45, 7) is 9.35. The molecule has 0 aliphatic carbocycles. The van der Waals surface area contributed by atoms with Gasteiger partial charge in [0, 0.05) is 50.2 Å². The molecule has 174 valence electrons. The minimum Gasteiger partial charge on any atom is -0.379 e. The molecule has 1 aromatic heterocycles. The van der Waals surface area contributed by atoms with Gasteiger partial charge in [-0.25, -0.2) is 4.98 Å². The molecule has 2 aromatic rings. The lowest BCUT2D eigenvalue weighted by atomic mass is 10.1. The number of ether oxygens (including phenoxy) is 1. The molecule has 1 aliphatic heterocycles. The van der Waals surface area contributed by atoms with E-state index in [1.54, 1.807) is 0 Å². The number of carbonyl (C=O) groups excluding carboxylic acids is 2. The Morgan fingerprint density at radius 3 is 2.59 bits per heavy atom. The molecule has 7 nitrogen and oxygen atoms in total. The highest BCUT2D eigenvalue weighted by molar-refractivity contribution is 5.96. The summed E-state index contributed by atoms with van der Waals surface area (Å²) in [5, 5.41) is 6.77. The zero-order valence-electron chi connectivity index (χ0n) is 19.6. The number of pyridine rings is 1. The molecule has 3 rings (SSSR count). The van der Waals surface area contributed by atoms with E-state index in [1.807, 2.05) is 32.0 Å². The lowest BCUT2D eigenvalue weighted by molar-refractivity contribution is -0.124. The smallest absolute Gasteiger partial charge is 0.224 e. The second-order valence-electron chi connectivity index (χ2n) is 8.75. The van der Waals surface area contributed by atoms with Gasteiger partial charge in [-0.15, -0.1) is 0 Å². The van der Waals surface area contributed by atoms with Crippen LogP contribution in [-0.2, 0) is 14.3 Å². The number of hydrogen-bond acceptors (Lipinski definition) is 5. The van der Waals surface area contributed by atoms with E-state index in [1.165, 1.54) is 19.3 Å². The Bertz CT molecular complexity index is 923. The van der Waals surface area contributed by atoms with E-state index < -0.39 is 0 Å². The predicted octanol–water partition coefficient (Wildman–Crippen LogP) is 4.18. The minimum absolute atomic E-state index is 0.117. The van der Waals surface area contributed by atoms with Crippen molar-refractivity contribution in [3.05, 3.63) is 29.8 Å². The molecule has 0 unspecified atom stereocenters. The monoisotopic (exact) mass is 440 g/mol. The molecule has 0 radical (unpaired) electrons. The van der Waals surface area contributed by atoms with Crippen molar-refractivity contribution < 1.29 is 14.3 Å². The molecule has 32 heavy (non-hydrogen) atoms. The topological polar surface area (TPSA) is 83.6 Å². The molecule has 2 amide bonds. The first-order valence-corrected chi connectivity index (χ1v) is 11.8. The van der Waals surface area contributed by atoms with Gasteiger partial charge in [-0.1, -0.05) is 0 Å². The number of aromatic nitrogens is 1. The van der Waals surface area contributed by atoms with Crippen molar-refractivity contribution in [3.63, 3.8) is 0 Å². The molecular formula is C25H36N4O3. The van der Waals surface area contributed by atoms with Crippen molar-refractivity contribution in [3.8, 4) is 0 Å². The van der Waals surface area contributed by atoms with Crippen LogP contribution in [0.15, 0.2) is 24.3 Å². The maximum atomic E-state index is 12.3.